The molecule has 9 rings (SSSR count). The van der Waals surface area contributed by atoms with Crippen molar-refractivity contribution in [3.63, 3.8) is 0 Å². The maximum Gasteiger partial charge on any atom is 0.135 e. The zero-order valence-corrected chi connectivity index (χ0v) is 29.9. The van der Waals surface area contributed by atoms with E-state index >= 15 is 0 Å². The molecule has 1 aliphatic rings. The Balaban J connectivity index is 0.00000361. The van der Waals surface area contributed by atoms with Gasteiger partial charge in [-0.1, -0.05) is 68.4 Å². The van der Waals surface area contributed by atoms with Gasteiger partial charge in [0.15, 0.2) is 0 Å². The molecule has 0 fully saturated rings. The summed E-state index contributed by atoms with van der Waals surface area (Å²) in [7, 11) is 0. The van der Waals surface area contributed by atoms with Crippen LogP contribution in [0.4, 0.5) is 23.0 Å². The van der Waals surface area contributed by atoms with E-state index in [4.69, 9.17) is 19.7 Å². The third-order valence-corrected chi connectivity index (χ3v) is 8.95. The zero-order chi connectivity index (χ0) is 33.1. The van der Waals surface area contributed by atoms with Gasteiger partial charge in [-0.2, -0.15) is 12.1 Å². The van der Waals surface area contributed by atoms with Gasteiger partial charge in [0.25, 0.3) is 0 Å². The van der Waals surface area contributed by atoms with E-state index in [-0.39, 0.29) is 26.5 Å². The topological polar surface area (TPSA) is 59.3 Å². The van der Waals surface area contributed by atoms with E-state index in [2.05, 4.69) is 97.0 Å². The van der Waals surface area contributed by atoms with E-state index in [1.54, 1.807) is 6.20 Å². The number of benzene rings is 4. The van der Waals surface area contributed by atoms with Crippen molar-refractivity contribution in [1.82, 2.24) is 19.5 Å². The minimum absolute atomic E-state index is 0. The molecule has 0 unspecified atom stereocenters. The van der Waals surface area contributed by atoms with Gasteiger partial charge in [0, 0.05) is 55.9 Å². The molecule has 50 heavy (non-hydrogen) atoms. The molecule has 0 amide bonds. The van der Waals surface area contributed by atoms with E-state index in [1.165, 1.54) is 5.56 Å². The molecular formula is C42H31N6OPt-3. The van der Waals surface area contributed by atoms with Gasteiger partial charge in [0.2, 0.25) is 0 Å². The predicted octanol–water partition coefficient (Wildman–Crippen LogP) is 10.2. The molecule has 0 radical (unpaired) electrons. The molecule has 0 saturated heterocycles. The van der Waals surface area contributed by atoms with Gasteiger partial charge < -0.3 is 19.1 Å². The number of ether oxygens (including phenoxy) is 1. The van der Waals surface area contributed by atoms with Crippen LogP contribution in [0.2, 0.25) is 0 Å². The molecule has 0 aliphatic carbocycles. The Hall–Kier alpha value is -5.52. The number of para-hydroxylation sites is 2. The average Bonchev–Trinajstić information content (AvgIpc) is 3.67. The van der Waals surface area contributed by atoms with Gasteiger partial charge in [-0.15, -0.1) is 42.4 Å². The number of aromatic nitrogens is 4. The smallest absolute Gasteiger partial charge is 0.135 e. The Labute approximate surface area is 305 Å². The predicted molar refractivity (Wildman–Crippen MR) is 196 cm³/mol. The van der Waals surface area contributed by atoms with Crippen LogP contribution in [-0.2, 0) is 26.5 Å². The number of rotatable bonds is 5. The maximum atomic E-state index is 6.47. The fourth-order valence-electron chi connectivity index (χ4n) is 6.48. The van der Waals surface area contributed by atoms with Crippen molar-refractivity contribution < 1.29 is 25.8 Å². The summed E-state index contributed by atoms with van der Waals surface area (Å²) in [5.74, 6) is 3.60. The van der Waals surface area contributed by atoms with E-state index in [9.17, 15) is 0 Å². The van der Waals surface area contributed by atoms with Crippen molar-refractivity contribution in [1.29, 1.82) is 0 Å². The van der Waals surface area contributed by atoms with Gasteiger partial charge >= 0.3 is 0 Å². The van der Waals surface area contributed by atoms with E-state index in [1.807, 2.05) is 78.4 Å². The summed E-state index contributed by atoms with van der Waals surface area (Å²) in [6.07, 6.45) is 3.68. The van der Waals surface area contributed by atoms with Crippen LogP contribution in [0.5, 0.6) is 11.5 Å². The molecule has 0 saturated carbocycles. The Bertz CT molecular complexity index is 2540. The zero-order valence-electron chi connectivity index (χ0n) is 27.6. The Morgan fingerprint density at radius 2 is 1.52 bits per heavy atom. The van der Waals surface area contributed by atoms with Gasteiger partial charge in [-0.3, -0.25) is 0 Å². The standard InChI is InChI=1S/C42H31N6O.Pt/c1-42(2,3)29-21-23-43-40(24-29)48-36-15-7-5-13-33(36)34-19-18-32(26-38(34)48)49-31-12-8-11-30(25-31)46-27-47(37-16-9-22-44-41(37)46)39-20-17-28-10-4-6-14-35(28)45-39;/h4-24,27H,1-3H3;/q-3;. The molecule has 0 atom stereocenters. The molecule has 0 N–H and O–H groups in total. The molecule has 0 bridgehead atoms. The van der Waals surface area contributed by atoms with Crippen molar-refractivity contribution in [3.05, 3.63) is 152 Å². The summed E-state index contributed by atoms with van der Waals surface area (Å²) < 4.78 is 8.64. The van der Waals surface area contributed by atoms with E-state index in [0.29, 0.717) is 11.5 Å². The first-order chi connectivity index (χ1) is 23.9. The summed E-state index contributed by atoms with van der Waals surface area (Å²) in [5.41, 5.74) is 5.83. The Morgan fingerprint density at radius 3 is 2.42 bits per heavy atom. The van der Waals surface area contributed by atoms with Crippen molar-refractivity contribution in [2.24, 2.45) is 0 Å². The monoisotopic (exact) mass is 830 g/mol. The van der Waals surface area contributed by atoms with Crippen molar-refractivity contribution >= 4 is 55.7 Å². The van der Waals surface area contributed by atoms with Crippen LogP contribution >= 0.6 is 0 Å². The van der Waals surface area contributed by atoms with Crippen LogP contribution in [0.25, 0.3) is 38.5 Å². The van der Waals surface area contributed by atoms with Crippen LogP contribution in [0.15, 0.2) is 128 Å². The molecule has 5 heterocycles. The number of anilines is 4. The normalized spacial score (nSPS) is 12.8. The molecule has 7 nitrogen and oxygen atoms in total. The van der Waals surface area contributed by atoms with Gasteiger partial charge in [0.1, 0.15) is 17.5 Å². The van der Waals surface area contributed by atoms with Gasteiger partial charge in [0.05, 0.1) is 11.2 Å². The maximum absolute atomic E-state index is 6.47. The summed E-state index contributed by atoms with van der Waals surface area (Å²) in [4.78, 5) is 18.5. The first-order valence-electron chi connectivity index (χ1n) is 16.3. The number of hydrogen-bond acceptors (Lipinski definition) is 6. The van der Waals surface area contributed by atoms with E-state index < -0.39 is 0 Å². The number of nitrogens with zero attached hydrogens (tertiary/aromatic N) is 6. The molecule has 0 spiro atoms. The van der Waals surface area contributed by atoms with Gasteiger partial charge in [-0.25, -0.2) is 15.0 Å². The fraction of sp³-hybridized carbons (Fsp3) is 0.0952. The quantitative estimate of drug-likeness (QED) is 0.161. The summed E-state index contributed by atoms with van der Waals surface area (Å²) in [6, 6.07) is 45.8. The summed E-state index contributed by atoms with van der Waals surface area (Å²) >= 11 is 0. The fourth-order valence-corrected chi connectivity index (χ4v) is 6.48. The summed E-state index contributed by atoms with van der Waals surface area (Å²) in [6.45, 7) is 8.65. The minimum atomic E-state index is -0.0128. The first-order valence-corrected chi connectivity index (χ1v) is 16.3. The number of hydrogen-bond donors (Lipinski definition) is 0. The van der Waals surface area contributed by atoms with Crippen molar-refractivity contribution in [2.75, 3.05) is 9.80 Å². The van der Waals surface area contributed by atoms with Crippen LogP contribution in [0, 0.1) is 18.8 Å². The summed E-state index contributed by atoms with van der Waals surface area (Å²) in [5, 5.41) is 3.32. The molecule has 8 aromatic rings. The van der Waals surface area contributed by atoms with Crippen LogP contribution in [0.1, 0.15) is 26.3 Å². The molecular weight excluding hydrogens is 800 g/mol. The van der Waals surface area contributed by atoms with Crippen molar-refractivity contribution in [3.8, 4) is 17.3 Å². The van der Waals surface area contributed by atoms with Crippen LogP contribution < -0.4 is 14.5 Å². The molecule has 1 aliphatic heterocycles. The third kappa shape index (κ3) is 5.48. The Morgan fingerprint density at radius 1 is 0.680 bits per heavy atom. The first kappa shape index (κ1) is 31.7. The molecule has 8 heteroatoms. The second-order valence-corrected chi connectivity index (χ2v) is 13.2. The van der Waals surface area contributed by atoms with E-state index in [0.717, 1.165) is 61.5 Å². The second-order valence-electron chi connectivity index (χ2n) is 13.2. The minimum Gasteiger partial charge on any atom is -0.509 e. The average molecular weight is 831 g/mol. The van der Waals surface area contributed by atoms with Crippen LogP contribution in [-0.4, -0.2) is 19.5 Å². The molecule has 248 valence electrons. The molecule has 4 aromatic heterocycles. The van der Waals surface area contributed by atoms with Gasteiger partial charge in [-0.05, 0) is 64.9 Å². The molecule has 4 aromatic carbocycles. The largest absolute Gasteiger partial charge is 0.509 e. The number of pyridine rings is 3. The Kier molecular flexibility index (Phi) is 7.88. The number of fused-ring (bicyclic) bond motifs is 5. The van der Waals surface area contributed by atoms with Crippen molar-refractivity contribution in [2.45, 2.75) is 26.2 Å². The second kappa shape index (κ2) is 12.4. The SMILES string of the molecule is CC(C)(C)c1ccnc(-n2c3[c-]c(Oc4[c-]c(N5[CH-]N(c6ccc7ccccc7n6)c6cccnc65)ccc4)ccc3c3ccccc32)c1.[Pt]. The van der Waals surface area contributed by atoms with Crippen LogP contribution in [0.3, 0.4) is 0 Å². The third-order valence-electron chi connectivity index (χ3n) is 8.95.